The van der Waals surface area contributed by atoms with Gasteiger partial charge in [-0.2, -0.15) is 5.26 Å². The van der Waals surface area contributed by atoms with E-state index < -0.39 is 0 Å². The van der Waals surface area contributed by atoms with Crippen molar-refractivity contribution in [3.8, 4) is 17.3 Å². The molecule has 24 heavy (non-hydrogen) atoms. The number of allylic oxidation sites excluding steroid dienone is 1. The first-order valence-electron chi connectivity index (χ1n) is 6.86. The smallest absolute Gasteiger partial charge is 0.134 e. The van der Waals surface area contributed by atoms with Crippen LogP contribution in [0.2, 0.25) is 10.0 Å². The molecule has 2 aromatic carbocycles. The molecular weight excluding hydrogens is 427 g/mol. The van der Waals surface area contributed by atoms with Crippen LogP contribution in [0, 0.1) is 11.3 Å². The van der Waals surface area contributed by atoms with Gasteiger partial charge in [0.2, 0.25) is 0 Å². The van der Waals surface area contributed by atoms with E-state index in [1.54, 1.807) is 12.1 Å². The summed E-state index contributed by atoms with van der Waals surface area (Å²) in [5.74, 6) is 0. The molecule has 0 aliphatic rings. The molecule has 2 nitrogen and oxygen atoms in total. The zero-order valence-corrected chi connectivity index (χ0v) is 16.0. The quantitative estimate of drug-likeness (QED) is 0.417. The monoisotopic (exact) mass is 434 g/mol. The highest BCUT2D eigenvalue weighted by Crippen LogP contribution is 2.33. The summed E-state index contributed by atoms with van der Waals surface area (Å²) in [6, 6.07) is 15.2. The number of rotatable bonds is 3. The predicted octanol–water partition coefficient (Wildman–Crippen LogP) is 6.94. The molecule has 0 aliphatic carbocycles. The van der Waals surface area contributed by atoms with Crippen molar-refractivity contribution >= 4 is 62.1 Å². The van der Waals surface area contributed by atoms with E-state index >= 15 is 0 Å². The minimum absolute atomic E-state index is 0.503. The van der Waals surface area contributed by atoms with Crippen molar-refractivity contribution in [2.75, 3.05) is 0 Å². The Bertz CT molecular complexity index is 973. The van der Waals surface area contributed by atoms with Crippen molar-refractivity contribution < 1.29 is 0 Å². The lowest BCUT2D eigenvalue weighted by Crippen LogP contribution is -1.84. The van der Waals surface area contributed by atoms with Gasteiger partial charge in [-0.05, 0) is 35.9 Å². The van der Waals surface area contributed by atoms with Gasteiger partial charge in [0.15, 0.2) is 0 Å². The average molecular weight is 436 g/mol. The lowest BCUT2D eigenvalue weighted by Gasteiger charge is -2.01. The van der Waals surface area contributed by atoms with Crippen molar-refractivity contribution in [1.82, 2.24) is 4.98 Å². The van der Waals surface area contributed by atoms with Crippen LogP contribution in [0.1, 0.15) is 10.6 Å². The summed E-state index contributed by atoms with van der Waals surface area (Å²) < 4.78 is 0.926. The third kappa shape index (κ3) is 3.71. The van der Waals surface area contributed by atoms with Gasteiger partial charge in [-0.15, -0.1) is 11.3 Å². The number of benzene rings is 2. The molecule has 0 unspecified atom stereocenters. The molecular formula is C18H9BrCl2N2S. The first-order valence-corrected chi connectivity index (χ1v) is 9.29. The van der Waals surface area contributed by atoms with Gasteiger partial charge < -0.3 is 0 Å². The number of nitriles is 1. The molecule has 3 aromatic rings. The van der Waals surface area contributed by atoms with E-state index in [1.165, 1.54) is 11.3 Å². The second-order valence-electron chi connectivity index (χ2n) is 4.85. The second kappa shape index (κ2) is 7.50. The largest absolute Gasteiger partial charge is 0.235 e. The van der Waals surface area contributed by atoms with Crippen molar-refractivity contribution in [3.63, 3.8) is 0 Å². The van der Waals surface area contributed by atoms with Crippen LogP contribution in [0.3, 0.4) is 0 Å². The van der Waals surface area contributed by atoms with Crippen molar-refractivity contribution in [1.29, 1.82) is 5.26 Å². The van der Waals surface area contributed by atoms with Crippen LogP contribution in [0.4, 0.5) is 0 Å². The van der Waals surface area contributed by atoms with E-state index in [-0.39, 0.29) is 0 Å². The van der Waals surface area contributed by atoms with Crippen LogP contribution in [-0.2, 0) is 0 Å². The highest BCUT2D eigenvalue weighted by Gasteiger charge is 2.12. The molecule has 0 radical (unpaired) electrons. The van der Waals surface area contributed by atoms with Crippen molar-refractivity contribution in [3.05, 3.63) is 72.9 Å². The average Bonchev–Trinajstić information content (AvgIpc) is 3.03. The molecule has 0 N–H and O–H groups in total. The van der Waals surface area contributed by atoms with E-state index in [0.717, 1.165) is 21.3 Å². The first-order chi connectivity index (χ1) is 11.6. The Morgan fingerprint density at radius 2 is 2.00 bits per heavy atom. The first kappa shape index (κ1) is 17.2. The van der Waals surface area contributed by atoms with Crippen LogP contribution in [0.25, 0.3) is 22.9 Å². The van der Waals surface area contributed by atoms with Gasteiger partial charge in [-0.25, -0.2) is 4.98 Å². The Morgan fingerprint density at radius 1 is 1.21 bits per heavy atom. The molecule has 118 valence electrons. The minimum Gasteiger partial charge on any atom is -0.235 e. The summed E-state index contributed by atoms with van der Waals surface area (Å²) in [4.78, 5) is 4.55. The normalized spacial score (nSPS) is 11.3. The number of aromatic nitrogens is 1. The number of nitrogens with zero attached hydrogens (tertiary/aromatic N) is 2. The Balaban J connectivity index is 2.00. The molecule has 0 amide bonds. The fourth-order valence-electron chi connectivity index (χ4n) is 2.11. The molecule has 1 heterocycles. The lowest BCUT2D eigenvalue weighted by molar-refractivity contribution is 1.37. The molecule has 6 heteroatoms. The maximum absolute atomic E-state index is 9.49. The van der Waals surface area contributed by atoms with Gasteiger partial charge in [0, 0.05) is 20.4 Å². The van der Waals surface area contributed by atoms with E-state index in [1.807, 2.05) is 41.8 Å². The maximum atomic E-state index is 9.49. The maximum Gasteiger partial charge on any atom is 0.134 e. The van der Waals surface area contributed by atoms with E-state index in [2.05, 4.69) is 27.0 Å². The van der Waals surface area contributed by atoms with Crippen LogP contribution in [0.15, 0.2) is 52.3 Å². The summed E-state index contributed by atoms with van der Waals surface area (Å²) >= 11 is 17.1. The number of hydrogen-bond donors (Lipinski definition) is 0. The van der Waals surface area contributed by atoms with Crippen LogP contribution in [-0.4, -0.2) is 4.98 Å². The number of halogens is 3. The van der Waals surface area contributed by atoms with Crippen molar-refractivity contribution in [2.24, 2.45) is 0 Å². The van der Waals surface area contributed by atoms with Gasteiger partial charge in [0.25, 0.3) is 0 Å². The summed E-state index contributed by atoms with van der Waals surface area (Å²) in [7, 11) is 0. The Labute approximate surface area is 162 Å². The van der Waals surface area contributed by atoms with Crippen LogP contribution >= 0.6 is 50.5 Å². The molecule has 0 bridgehead atoms. The van der Waals surface area contributed by atoms with Crippen LogP contribution in [0.5, 0.6) is 0 Å². The van der Waals surface area contributed by atoms with Gasteiger partial charge in [0.05, 0.1) is 16.3 Å². The topological polar surface area (TPSA) is 36.7 Å². The van der Waals surface area contributed by atoms with Gasteiger partial charge in [-0.1, -0.05) is 57.3 Å². The Hall–Kier alpha value is -1.64. The Morgan fingerprint density at radius 3 is 2.71 bits per heavy atom. The van der Waals surface area contributed by atoms with E-state index in [4.69, 9.17) is 23.2 Å². The molecule has 1 aromatic heterocycles. The molecule has 0 saturated carbocycles. The molecule has 0 spiro atoms. The molecule has 3 rings (SSSR count). The number of hydrogen-bond acceptors (Lipinski definition) is 3. The van der Waals surface area contributed by atoms with Gasteiger partial charge in [-0.3, -0.25) is 0 Å². The summed E-state index contributed by atoms with van der Waals surface area (Å²) in [5, 5.41) is 13.1. The SMILES string of the molecule is N#C/C(=C\c1ccccc1Br)c1nc(-c2ccc(Cl)cc2Cl)cs1. The summed E-state index contributed by atoms with van der Waals surface area (Å²) in [6.07, 6.45) is 1.82. The zero-order valence-electron chi connectivity index (χ0n) is 12.1. The standard InChI is InChI=1S/C18H9BrCl2N2S/c19-15-4-2-1-3-11(15)7-12(9-22)18-23-17(10-24-18)14-6-5-13(20)8-16(14)21/h1-8,10H/b12-7+. The number of thiazole rings is 1. The van der Waals surface area contributed by atoms with E-state index in [0.29, 0.717) is 20.6 Å². The highest BCUT2D eigenvalue weighted by atomic mass is 79.9. The molecule has 0 atom stereocenters. The highest BCUT2D eigenvalue weighted by molar-refractivity contribution is 9.10. The third-order valence-electron chi connectivity index (χ3n) is 3.27. The second-order valence-corrected chi connectivity index (χ2v) is 7.41. The van der Waals surface area contributed by atoms with Gasteiger partial charge >= 0.3 is 0 Å². The summed E-state index contributed by atoms with van der Waals surface area (Å²) in [5.41, 5.74) is 2.95. The van der Waals surface area contributed by atoms with Gasteiger partial charge in [0.1, 0.15) is 11.1 Å². The third-order valence-corrected chi connectivity index (χ3v) is 5.41. The fraction of sp³-hybridized carbons (Fsp3) is 0. The minimum atomic E-state index is 0.503. The van der Waals surface area contributed by atoms with Crippen molar-refractivity contribution in [2.45, 2.75) is 0 Å². The zero-order chi connectivity index (χ0) is 17.1. The molecule has 0 fully saturated rings. The van der Waals surface area contributed by atoms with E-state index in [9.17, 15) is 5.26 Å². The van der Waals surface area contributed by atoms with Crippen LogP contribution < -0.4 is 0 Å². The summed E-state index contributed by atoms with van der Waals surface area (Å²) in [6.45, 7) is 0. The predicted molar refractivity (Wildman–Crippen MR) is 105 cm³/mol. The Kier molecular flexibility index (Phi) is 5.37. The lowest BCUT2D eigenvalue weighted by atomic mass is 10.1. The fourth-order valence-corrected chi connectivity index (χ4v) is 3.80. The molecule has 0 saturated heterocycles. The molecule has 0 aliphatic heterocycles.